The minimum Gasteiger partial charge on any atom is -0.502 e. The second-order valence-electron chi connectivity index (χ2n) is 3.12. The highest BCUT2D eigenvalue weighted by atomic mass is 32.2. The average molecular weight is 190 g/mol. The van der Waals surface area contributed by atoms with Gasteiger partial charge in [0.15, 0.2) is 9.84 Å². The van der Waals surface area contributed by atoms with Crippen LogP contribution >= 0.6 is 0 Å². The molecule has 1 aliphatic rings. The molecular formula is C8H14O3S. The lowest BCUT2D eigenvalue weighted by atomic mass is 10.1. The summed E-state index contributed by atoms with van der Waals surface area (Å²) >= 11 is 0. The first kappa shape index (κ1) is 9.58. The van der Waals surface area contributed by atoms with Gasteiger partial charge in [0.2, 0.25) is 0 Å². The fourth-order valence-electron chi connectivity index (χ4n) is 1.37. The fraction of sp³-hybridized carbons (Fsp3) is 0.750. The molecule has 0 spiro atoms. The molecule has 0 unspecified atom stereocenters. The summed E-state index contributed by atoms with van der Waals surface area (Å²) in [4.78, 5) is 0. The van der Waals surface area contributed by atoms with E-state index in [4.69, 9.17) is 4.74 Å². The van der Waals surface area contributed by atoms with Crippen LogP contribution in [0.1, 0.15) is 12.8 Å². The highest BCUT2D eigenvalue weighted by Crippen LogP contribution is 2.22. The summed E-state index contributed by atoms with van der Waals surface area (Å²) in [6.07, 6.45) is 3.29. The molecule has 1 heterocycles. The van der Waals surface area contributed by atoms with Gasteiger partial charge in [-0.1, -0.05) is 6.58 Å². The highest BCUT2D eigenvalue weighted by Gasteiger charge is 2.32. The molecule has 0 amide bonds. The fourth-order valence-corrected chi connectivity index (χ4v) is 3.05. The Bertz CT molecular complexity index is 231. The lowest BCUT2D eigenvalue weighted by molar-refractivity contribution is 0.236. The van der Waals surface area contributed by atoms with Gasteiger partial charge in [0, 0.05) is 0 Å². The minimum absolute atomic E-state index is 0.376. The molecule has 0 bridgehead atoms. The predicted octanol–water partition coefficient (Wildman–Crippen LogP) is 0.971. The summed E-state index contributed by atoms with van der Waals surface area (Å²) in [5, 5.41) is 0. The molecule has 0 aliphatic carbocycles. The van der Waals surface area contributed by atoms with Crippen molar-refractivity contribution in [2.75, 3.05) is 18.1 Å². The molecule has 1 aliphatic heterocycles. The van der Waals surface area contributed by atoms with Crippen molar-refractivity contribution in [2.45, 2.75) is 12.8 Å². The van der Waals surface area contributed by atoms with Gasteiger partial charge < -0.3 is 4.74 Å². The van der Waals surface area contributed by atoms with Gasteiger partial charge in [0.1, 0.15) is 0 Å². The van der Waals surface area contributed by atoms with E-state index in [9.17, 15) is 8.42 Å². The van der Waals surface area contributed by atoms with Crippen molar-refractivity contribution < 1.29 is 13.2 Å². The Morgan fingerprint density at radius 1 is 1.50 bits per heavy atom. The summed E-state index contributed by atoms with van der Waals surface area (Å²) in [6, 6.07) is 0. The smallest absolute Gasteiger partial charge is 0.150 e. The maximum Gasteiger partial charge on any atom is 0.150 e. The third-order valence-electron chi connectivity index (χ3n) is 1.97. The van der Waals surface area contributed by atoms with E-state index in [1.165, 1.54) is 6.26 Å². The molecule has 0 atom stereocenters. The largest absolute Gasteiger partial charge is 0.502 e. The molecular weight excluding hydrogens is 176 g/mol. The second-order valence-corrected chi connectivity index (χ2v) is 5.28. The van der Waals surface area contributed by atoms with Crippen LogP contribution in [0.15, 0.2) is 12.8 Å². The van der Waals surface area contributed by atoms with Crippen LogP contribution in [0.2, 0.25) is 0 Å². The first-order chi connectivity index (χ1) is 5.64. The van der Waals surface area contributed by atoms with Crippen LogP contribution in [0.5, 0.6) is 0 Å². The monoisotopic (exact) mass is 190 g/mol. The maximum absolute atomic E-state index is 10.7. The van der Waals surface area contributed by atoms with Gasteiger partial charge in [-0.3, -0.25) is 0 Å². The van der Waals surface area contributed by atoms with Crippen LogP contribution in [-0.4, -0.2) is 26.5 Å². The lowest BCUT2D eigenvalue weighted by Crippen LogP contribution is -2.36. The molecule has 0 radical (unpaired) electrons. The van der Waals surface area contributed by atoms with Crippen molar-refractivity contribution >= 4 is 9.84 Å². The summed E-state index contributed by atoms with van der Waals surface area (Å²) in [7, 11) is -2.63. The minimum atomic E-state index is -2.63. The summed E-state index contributed by atoms with van der Waals surface area (Å²) in [5.74, 6) is 1.13. The van der Waals surface area contributed by atoms with E-state index < -0.39 is 9.84 Å². The molecule has 3 nitrogen and oxygen atoms in total. The van der Waals surface area contributed by atoms with E-state index >= 15 is 0 Å². The van der Waals surface area contributed by atoms with Crippen molar-refractivity contribution in [3.05, 3.63) is 12.8 Å². The average Bonchev–Trinajstić information content (AvgIpc) is 1.94. The molecule has 1 fully saturated rings. The molecule has 0 saturated carbocycles. The number of hydrogen-bond donors (Lipinski definition) is 0. The SMILES string of the molecule is C=COCCCC1CS(=O)(=O)C1. The predicted molar refractivity (Wildman–Crippen MR) is 47.5 cm³/mol. The summed E-state index contributed by atoms with van der Waals surface area (Å²) < 4.78 is 26.4. The van der Waals surface area contributed by atoms with Crippen molar-refractivity contribution in [1.29, 1.82) is 0 Å². The Balaban J connectivity index is 2.00. The first-order valence-corrected chi connectivity index (χ1v) is 5.89. The van der Waals surface area contributed by atoms with E-state index in [2.05, 4.69) is 6.58 Å². The zero-order chi connectivity index (χ0) is 9.03. The van der Waals surface area contributed by atoms with Gasteiger partial charge in [0.25, 0.3) is 0 Å². The number of hydrogen-bond acceptors (Lipinski definition) is 3. The molecule has 70 valence electrons. The van der Waals surface area contributed by atoms with Gasteiger partial charge in [-0.25, -0.2) is 8.42 Å². The standard InChI is InChI=1S/C8H14O3S/c1-2-11-5-3-4-8-6-12(9,10)7-8/h2,8H,1,3-7H2. The molecule has 1 saturated heterocycles. The van der Waals surface area contributed by atoms with Crippen LogP contribution in [0.25, 0.3) is 0 Å². The topological polar surface area (TPSA) is 43.4 Å². The zero-order valence-electron chi connectivity index (χ0n) is 7.03. The van der Waals surface area contributed by atoms with Gasteiger partial charge in [-0.05, 0) is 18.8 Å². The number of rotatable bonds is 5. The third-order valence-corrected chi connectivity index (χ3v) is 3.93. The molecule has 0 N–H and O–H groups in total. The van der Waals surface area contributed by atoms with Gasteiger partial charge >= 0.3 is 0 Å². The lowest BCUT2D eigenvalue weighted by Gasteiger charge is -2.25. The van der Waals surface area contributed by atoms with Crippen molar-refractivity contribution in [3.63, 3.8) is 0 Å². The molecule has 0 aromatic carbocycles. The quantitative estimate of drug-likeness (QED) is 0.479. The van der Waals surface area contributed by atoms with Crippen LogP contribution in [0.4, 0.5) is 0 Å². The summed E-state index contributed by atoms with van der Waals surface area (Å²) in [6.45, 7) is 4.07. The molecule has 0 aromatic rings. The second kappa shape index (κ2) is 3.94. The van der Waals surface area contributed by atoms with Crippen LogP contribution in [0, 0.1) is 5.92 Å². The third kappa shape index (κ3) is 2.85. The Morgan fingerprint density at radius 2 is 2.17 bits per heavy atom. The zero-order valence-corrected chi connectivity index (χ0v) is 7.85. The molecule has 12 heavy (non-hydrogen) atoms. The van der Waals surface area contributed by atoms with Gasteiger partial charge in [-0.2, -0.15) is 0 Å². The first-order valence-electron chi connectivity index (χ1n) is 4.07. The van der Waals surface area contributed by atoms with E-state index in [1.54, 1.807) is 0 Å². The number of ether oxygens (including phenoxy) is 1. The Labute approximate surface area is 73.3 Å². The van der Waals surface area contributed by atoms with E-state index in [1.807, 2.05) is 0 Å². The van der Waals surface area contributed by atoms with Gasteiger partial charge in [0.05, 0.1) is 24.4 Å². The van der Waals surface area contributed by atoms with Crippen LogP contribution < -0.4 is 0 Å². The highest BCUT2D eigenvalue weighted by molar-refractivity contribution is 7.92. The van der Waals surface area contributed by atoms with Crippen molar-refractivity contribution in [2.24, 2.45) is 5.92 Å². The molecule has 1 rings (SSSR count). The Kier molecular flexibility index (Phi) is 3.14. The maximum atomic E-state index is 10.7. The van der Waals surface area contributed by atoms with Crippen LogP contribution in [0.3, 0.4) is 0 Å². The molecule has 0 aromatic heterocycles. The van der Waals surface area contributed by atoms with Crippen molar-refractivity contribution in [1.82, 2.24) is 0 Å². The number of sulfone groups is 1. The van der Waals surface area contributed by atoms with Crippen molar-refractivity contribution in [3.8, 4) is 0 Å². The van der Waals surface area contributed by atoms with E-state index in [-0.39, 0.29) is 0 Å². The molecule has 4 heteroatoms. The normalized spacial score (nSPS) is 21.3. The Morgan fingerprint density at radius 3 is 2.67 bits per heavy atom. The van der Waals surface area contributed by atoms with Gasteiger partial charge in [-0.15, -0.1) is 0 Å². The van der Waals surface area contributed by atoms with E-state index in [0.29, 0.717) is 24.0 Å². The Hall–Kier alpha value is -0.510. The van der Waals surface area contributed by atoms with E-state index in [0.717, 1.165) is 12.8 Å². The summed E-state index contributed by atoms with van der Waals surface area (Å²) in [5.41, 5.74) is 0. The van der Waals surface area contributed by atoms with Crippen LogP contribution in [-0.2, 0) is 14.6 Å².